The summed E-state index contributed by atoms with van der Waals surface area (Å²) in [6, 6.07) is 15.1. The number of nitrogens with one attached hydrogen (secondary N) is 3. The van der Waals surface area contributed by atoms with Crippen LogP contribution in [0.4, 0.5) is 0 Å². The summed E-state index contributed by atoms with van der Waals surface area (Å²) in [5.74, 6) is -0.866. The first-order chi connectivity index (χ1) is 14.0. The molecule has 2 amide bonds. The number of benzene rings is 2. The average Bonchev–Trinajstić information content (AvgIpc) is 3.21. The van der Waals surface area contributed by atoms with Crippen LogP contribution in [-0.2, 0) is 22.4 Å². The Kier molecular flexibility index (Phi) is 7.92. The summed E-state index contributed by atoms with van der Waals surface area (Å²) < 4.78 is 0. The van der Waals surface area contributed by atoms with Crippen LogP contribution in [0.25, 0.3) is 0 Å². The minimum Gasteiger partial charge on any atom is -0.355 e. The highest BCUT2D eigenvalue weighted by Gasteiger charge is 2.37. The fraction of sp³-hybridized carbons (Fsp3) is 0.364. The second-order valence-corrected chi connectivity index (χ2v) is 8.08. The summed E-state index contributed by atoms with van der Waals surface area (Å²) in [5, 5.41) is 10.5. The molecule has 29 heavy (non-hydrogen) atoms. The lowest BCUT2D eigenvalue weighted by Crippen LogP contribution is -2.42. The summed E-state index contributed by atoms with van der Waals surface area (Å²) in [7, 11) is 0. The lowest BCUT2D eigenvalue weighted by Gasteiger charge is -2.18. The molecule has 154 valence electrons. The van der Waals surface area contributed by atoms with Crippen LogP contribution in [-0.4, -0.2) is 38.0 Å². The van der Waals surface area contributed by atoms with Crippen molar-refractivity contribution < 1.29 is 9.59 Å². The first kappa shape index (κ1) is 21.6. The van der Waals surface area contributed by atoms with Crippen molar-refractivity contribution >= 4 is 35.0 Å². The highest BCUT2D eigenvalue weighted by atomic mass is 35.5. The highest BCUT2D eigenvalue weighted by Crippen LogP contribution is 2.18. The Labute approximate surface area is 181 Å². The van der Waals surface area contributed by atoms with E-state index in [-0.39, 0.29) is 23.7 Å². The van der Waals surface area contributed by atoms with Crippen molar-refractivity contribution in [1.82, 2.24) is 16.0 Å². The third-order valence-corrected chi connectivity index (χ3v) is 5.64. The molecule has 0 saturated carbocycles. The molecule has 1 saturated heterocycles. The number of rotatable bonds is 8. The predicted octanol–water partition coefficient (Wildman–Crippen LogP) is 2.85. The molecule has 5 nitrogen and oxygen atoms in total. The average molecular weight is 434 g/mol. The van der Waals surface area contributed by atoms with E-state index >= 15 is 0 Å². The van der Waals surface area contributed by atoms with Crippen molar-refractivity contribution in [3.05, 3.63) is 69.7 Å². The van der Waals surface area contributed by atoms with Gasteiger partial charge in [-0.1, -0.05) is 47.5 Å². The Balaban J connectivity index is 1.42. The monoisotopic (exact) mass is 433 g/mol. The fourth-order valence-electron chi connectivity index (χ4n) is 3.45. The van der Waals surface area contributed by atoms with Gasteiger partial charge in [-0.3, -0.25) is 9.59 Å². The van der Waals surface area contributed by atoms with Crippen LogP contribution < -0.4 is 16.0 Å². The van der Waals surface area contributed by atoms with Gasteiger partial charge in [-0.25, -0.2) is 0 Å². The second kappa shape index (κ2) is 10.6. The maximum absolute atomic E-state index is 12.6. The number of halogens is 2. The van der Waals surface area contributed by atoms with E-state index in [0.29, 0.717) is 36.2 Å². The molecule has 2 aromatic carbocycles. The van der Waals surface area contributed by atoms with Crippen LogP contribution in [0.3, 0.4) is 0 Å². The fourth-order valence-corrected chi connectivity index (χ4v) is 3.71. The minimum atomic E-state index is -0.351. The van der Waals surface area contributed by atoms with Gasteiger partial charge in [0.25, 0.3) is 0 Å². The minimum absolute atomic E-state index is 0.0817. The standard InChI is InChI=1S/C22H25Cl2N3O2/c23-17-5-1-15(2-6-17)9-11-26-21(28)19-13-25-14-20(19)22(29)27-12-10-16-3-7-18(24)8-4-16/h1-8,19-20,25H,9-14H2,(H,26,28)(H,27,29)/t19-,20-/m0/s1. The summed E-state index contributed by atoms with van der Waals surface area (Å²) in [4.78, 5) is 25.1. The number of carbonyl (C=O) groups is 2. The lowest BCUT2D eigenvalue weighted by molar-refractivity contribution is -0.132. The van der Waals surface area contributed by atoms with Gasteiger partial charge in [-0.05, 0) is 48.2 Å². The van der Waals surface area contributed by atoms with Gasteiger partial charge in [0.1, 0.15) is 0 Å². The van der Waals surface area contributed by atoms with Crippen LogP contribution in [0.5, 0.6) is 0 Å². The molecule has 1 fully saturated rings. The van der Waals surface area contributed by atoms with Gasteiger partial charge in [-0.15, -0.1) is 0 Å². The molecule has 3 rings (SSSR count). The molecule has 0 aliphatic carbocycles. The number of hydrogen-bond donors (Lipinski definition) is 3. The van der Waals surface area contributed by atoms with E-state index in [9.17, 15) is 9.59 Å². The first-order valence-corrected chi connectivity index (χ1v) is 10.5. The molecule has 1 aliphatic rings. The lowest BCUT2D eigenvalue weighted by atomic mass is 9.94. The second-order valence-electron chi connectivity index (χ2n) is 7.21. The topological polar surface area (TPSA) is 70.2 Å². The van der Waals surface area contributed by atoms with Crippen LogP contribution in [0.15, 0.2) is 48.5 Å². The van der Waals surface area contributed by atoms with Gasteiger partial charge < -0.3 is 16.0 Å². The van der Waals surface area contributed by atoms with Crippen molar-refractivity contribution in [3.8, 4) is 0 Å². The molecule has 1 aliphatic heterocycles. The normalized spacial score (nSPS) is 18.4. The first-order valence-electron chi connectivity index (χ1n) is 9.78. The molecule has 3 N–H and O–H groups in total. The Hall–Kier alpha value is -2.08. The van der Waals surface area contributed by atoms with Crippen molar-refractivity contribution in [3.63, 3.8) is 0 Å². The quantitative estimate of drug-likeness (QED) is 0.599. The maximum Gasteiger partial charge on any atom is 0.225 e. The number of carbonyl (C=O) groups excluding carboxylic acids is 2. The zero-order chi connectivity index (χ0) is 20.6. The molecular weight excluding hydrogens is 409 g/mol. The van der Waals surface area contributed by atoms with Gasteiger partial charge in [0, 0.05) is 36.2 Å². The third kappa shape index (κ3) is 6.46. The van der Waals surface area contributed by atoms with Crippen LogP contribution in [0.1, 0.15) is 11.1 Å². The molecule has 0 spiro atoms. The van der Waals surface area contributed by atoms with Crippen molar-refractivity contribution in [2.75, 3.05) is 26.2 Å². The Morgan fingerprint density at radius 2 is 1.14 bits per heavy atom. The van der Waals surface area contributed by atoms with E-state index < -0.39 is 0 Å². The molecule has 0 bridgehead atoms. The summed E-state index contributed by atoms with van der Waals surface area (Å²) in [5.41, 5.74) is 2.21. The van der Waals surface area contributed by atoms with Gasteiger partial charge in [-0.2, -0.15) is 0 Å². The number of hydrogen-bond acceptors (Lipinski definition) is 3. The summed E-state index contributed by atoms with van der Waals surface area (Å²) in [6.07, 6.45) is 1.45. The largest absolute Gasteiger partial charge is 0.355 e. The predicted molar refractivity (Wildman–Crippen MR) is 116 cm³/mol. The Morgan fingerprint density at radius 1 is 0.759 bits per heavy atom. The third-order valence-electron chi connectivity index (χ3n) is 5.14. The van der Waals surface area contributed by atoms with E-state index in [2.05, 4.69) is 16.0 Å². The van der Waals surface area contributed by atoms with Gasteiger partial charge in [0.15, 0.2) is 0 Å². The van der Waals surface area contributed by atoms with Crippen molar-refractivity contribution in [2.45, 2.75) is 12.8 Å². The zero-order valence-electron chi connectivity index (χ0n) is 16.1. The zero-order valence-corrected chi connectivity index (χ0v) is 17.6. The van der Waals surface area contributed by atoms with E-state index in [1.54, 1.807) is 0 Å². The molecule has 1 heterocycles. The Morgan fingerprint density at radius 3 is 1.52 bits per heavy atom. The molecule has 0 radical (unpaired) electrons. The van der Waals surface area contributed by atoms with E-state index in [1.165, 1.54) is 0 Å². The molecular formula is C22H25Cl2N3O2. The Bertz CT molecular complexity index is 755. The van der Waals surface area contributed by atoms with Crippen LogP contribution in [0, 0.1) is 11.8 Å². The van der Waals surface area contributed by atoms with Crippen LogP contribution >= 0.6 is 23.2 Å². The maximum atomic E-state index is 12.6. The van der Waals surface area contributed by atoms with Crippen LogP contribution in [0.2, 0.25) is 10.0 Å². The van der Waals surface area contributed by atoms with Gasteiger partial charge >= 0.3 is 0 Å². The van der Waals surface area contributed by atoms with E-state index in [1.807, 2.05) is 48.5 Å². The van der Waals surface area contributed by atoms with Crippen molar-refractivity contribution in [2.24, 2.45) is 11.8 Å². The van der Waals surface area contributed by atoms with Gasteiger partial charge in [0.05, 0.1) is 11.8 Å². The molecule has 0 unspecified atom stereocenters. The molecule has 7 heteroatoms. The SMILES string of the molecule is O=C(NCCc1ccc(Cl)cc1)[C@H]1CNC[C@@H]1C(=O)NCCc1ccc(Cl)cc1. The van der Waals surface area contributed by atoms with Crippen molar-refractivity contribution in [1.29, 1.82) is 0 Å². The smallest absolute Gasteiger partial charge is 0.225 e. The van der Waals surface area contributed by atoms with Gasteiger partial charge in [0.2, 0.25) is 11.8 Å². The number of amides is 2. The summed E-state index contributed by atoms with van der Waals surface area (Å²) >= 11 is 11.8. The molecule has 2 atom stereocenters. The summed E-state index contributed by atoms with van der Waals surface area (Å²) in [6.45, 7) is 2.09. The molecule has 0 aromatic heterocycles. The molecule has 2 aromatic rings. The van der Waals surface area contributed by atoms with E-state index in [4.69, 9.17) is 23.2 Å². The highest BCUT2D eigenvalue weighted by molar-refractivity contribution is 6.30. The van der Waals surface area contributed by atoms with E-state index in [0.717, 1.165) is 24.0 Å².